The van der Waals surface area contributed by atoms with Crippen molar-refractivity contribution in [1.29, 1.82) is 0 Å². The van der Waals surface area contributed by atoms with Crippen LogP contribution in [0.25, 0.3) is 0 Å². The predicted octanol–water partition coefficient (Wildman–Crippen LogP) is 2.39. The second-order valence-electron chi connectivity index (χ2n) is 6.64. The summed E-state index contributed by atoms with van der Waals surface area (Å²) in [6.07, 6.45) is 7.73. The van der Waals surface area contributed by atoms with Crippen molar-refractivity contribution >= 4 is 11.6 Å². The van der Waals surface area contributed by atoms with E-state index in [2.05, 4.69) is 16.8 Å². The van der Waals surface area contributed by atoms with Crippen LogP contribution in [-0.2, 0) is 4.74 Å². The third-order valence-electron chi connectivity index (χ3n) is 5.12. The van der Waals surface area contributed by atoms with Gasteiger partial charge in [0, 0.05) is 18.0 Å². The molecule has 2 unspecified atom stereocenters. The Labute approximate surface area is 125 Å². The van der Waals surface area contributed by atoms with Crippen LogP contribution in [0.1, 0.15) is 55.8 Å². The summed E-state index contributed by atoms with van der Waals surface area (Å²) < 4.78 is 5.98. The normalized spacial score (nSPS) is 29.3. The van der Waals surface area contributed by atoms with E-state index in [1.807, 2.05) is 0 Å². The maximum atomic E-state index is 6.15. The van der Waals surface area contributed by atoms with Crippen LogP contribution in [0.5, 0.6) is 0 Å². The van der Waals surface area contributed by atoms with E-state index in [0.29, 0.717) is 23.9 Å². The molecule has 2 aliphatic carbocycles. The molecule has 2 N–H and O–H groups in total. The van der Waals surface area contributed by atoms with Gasteiger partial charge >= 0.3 is 0 Å². The first-order valence-corrected chi connectivity index (χ1v) is 8.26. The molecule has 0 bridgehead atoms. The fourth-order valence-electron chi connectivity index (χ4n) is 3.70. The molecule has 3 aliphatic rings. The summed E-state index contributed by atoms with van der Waals surface area (Å²) in [5.74, 6) is 3.20. The average molecular weight is 288 g/mol. The number of morpholine rings is 1. The summed E-state index contributed by atoms with van der Waals surface area (Å²) in [5, 5.41) is 0. The van der Waals surface area contributed by atoms with Crippen molar-refractivity contribution in [2.45, 2.75) is 63.5 Å². The van der Waals surface area contributed by atoms with Gasteiger partial charge in [0.15, 0.2) is 0 Å². The highest BCUT2D eigenvalue weighted by Gasteiger charge is 2.36. The number of anilines is 2. The molecule has 1 aromatic heterocycles. The smallest absolute Gasteiger partial charge is 0.137 e. The molecule has 1 saturated heterocycles. The first kappa shape index (κ1) is 13.3. The van der Waals surface area contributed by atoms with Gasteiger partial charge in [-0.2, -0.15) is 0 Å². The van der Waals surface area contributed by atoms with E-state index in [4.69, 9.17) is 15.5 Å². The highest BCUT2D eigenvalue weighted by molar-refractivity contribution is 5.58. The molecule has 1 aliphatic heterocycles. The Balaban J connectivity index is 1.70. The molecule has 1 aromatic rings. The maximum Gasteiger partial charge on any atom is 0.137 e. The third kappa shape index (κ3) is 2.37. The Morgan fingerprint density at radius 2 is 1.95 bits per heavy atom. The lowest BCUT2D eigenvalue weighted by Crippen LogP contribution is -2.53. The molecular weight excluding hydrogens is 264 g/mol. The first-order chi connectivity index (χ1) is 10.2. The number of ether oxygens (including phenoxy) is 1. The first-order valence-electron chi connectivity index (χ1n) is 8.26. The van der Waals surface area contributed by atoms with Gasteiger partial charge in [-0.15, -0.1) is 0 Å². The Hall–Kier alpha value is -1.36. The molecule has 2 atom stereocenters. The van der Waals surface area contributed by atoms with E-state index in [0.717, 1.165) is 30.4 Å². The molecule has 3 fully saturated rings. The molecule has 2 saturated carbocycles. The molecule has 5 nitrogen and oxygen atoms in total. The Bertz CT molecular complexity index is 541. The summed E-state index contributed by atoms with van der Waals surface area (Å²) in [7, 11) is 0. The molecular formula is C16H24N4O. The van der Waals surface area contributed by atoms with Crippen molar-refractivity contribution in [2.24, 2.45) is 0 Å². The quantitative estimate of drug-likeness (QED) is 0.905. The summed E-state index contributed by atoms with van der Waals surface area (Å²) >= 11 is 0. The molecule has 0 amide bonds. The molecule has 21 heavy (non-hydrogen) atoms. The van der Waals surface area contributed by atoms with Gasteiger partial charge in [0.05, 0.1) is 18.8 Å². The standard InChI is InChI=1S/C16H24N4O/c1-10-14(17)18-15(11-6-7-11)19-16(10)20-8-9-21-13-5-3-2-4-12(13)20/h11-13H,2-9H2,1H3,(H2,17,18,19). The van der Waals surface area contributed by atoms with Crippen molar-refractivity contribution in [3.05, 3.63) is 11.4 Å². The number of nitrogens with two attached hydrogens (primary N) is 1. The van der Waals surface area contributed by atoms with E-state index in [1.54, 1.807) is 0 Å². The minimum absolute atomic E-state index is 0.368. The van der Waals surface area contributed by atoms with Crippen LogP contribution < -0.4 is 10.6 Å². The molecule has 0 radical (unpaired) electrons. The minimum atomic E-state index is 0.368. The number of hydrogen-bond donors (Lipinski definition) is 1. The van der Waals surface area contributed by atoms with Crippen LogP contribution in [0.15, 0.2) is 0 Å². The summed E-state index contributed by atoms with van der Waals surface area (Å²) in [4.78, 5) is 11.8. The van der Waals surface area contributed by atoms with E-state index in [1.165, 1.54) is 38.5 Å². The zero-order chi connectivity index (χ0) is 14.4. The van der Waals surface area contributed by atoms with Crippen molar-refractivity contribution in [3.8, 4) is 0 Å². The number of aromatic nitrogens is 2. The summed E-state index contributed by atoms with van der Waals surface area (Å²) in [6.45, 7) is 3.76. The molecule has 0 aromatic carbocycles. The predicted molar refractivity (Wildman–Crippen MR) is 82.5 cm³/mol. The maximum absolute atomic E-state index is 6.15. The van der Waals surface area contributed by atoms with Crippen LogP contribution in [0.2, 0.25) is 0 Å². The minimum Gasteiger partial charge on any atom is -0.383 e. The van der Waals surface area contributed by atoms with E-state index >= 15 is 0 Å². The van der Waals surface area contributed by atoms with E-state index in [-0.39, 0.29) is 0 Å². The number of nitrogens with zero attached hydrogens (tertiary/aromatic N) is 3. The molecule has 5 heteroatoms. The van der Waals surface area contributed by atoms with Gasteiger partial charge in [0.2, 0.25) is 0 Å². The highest BCUT2D eigenvalue weighted by Crippen LogP contribution is 2.40. The van der Waals surface area contributed by atoms with Crippen LogP contribution in [0, 0.1) is 6.92 Å². The molecule has 114 valence electrons. The Morgan fingerprint density at radius 3 is 2.76 bits per heavy atom. The van der Waals surface area contributed by atoms with Crippen LogP contribution in [0.3, 0.4) is 0 Å². The average Bonchev–Trinajstić information content (AvgIpc) is 3.34. The fraction of sp³-hybridized carbons (Fsp3) is 0.750. The zero-order valence-corrected chi connectivity index (χ0v) is 12.7. The van der Waals surface area contributed by atoms with E-state index in [9.17, 15) is 0 Å². The lowest BCUT2D eigenvalue weighted by Gasteiger charge is -2.45. The number of nitrogen functional groups attached to an aromatic ring is 1. The Morgan fingerprint density at radius 1 is 1.14 bits per heavy atom. The molecule has 2 heterocycles. The number of hydrogen-bond acceptors (Lipinski definition) is 5. The zero-order valence-electron chi connectivity index (χ0n) is 12.7. The highest BCUT2D eigenvalue weighted by atomic mass is 16.5. The van der Waals surface area contributed by atoms with Crippen molar-refractivity contribution < 1.29 is 4.74 Å². The lowest BCUT2D eigenvalue weighted by molar-refractivity contribution is -0.00905. The SMILES string of the molecule is Cc1c(N)nc(C2CC2)nc1N1CCOC2CCCCC21. The second kappa shape index (κ2) is 5.13. The largest absolute Gasteiger partial charge is 0.383 e. The van der Waals surface area contributed by atoms with Gasteiger partial charge in [0.1, 0.15) is 17.5 Å². The third-order valence-corrected chi connectivity index (χ3v) is 5.12. The van der Waals surface area contributed by atoms with E-state index < -0.39 is 0 Å². The van der Waals surface area contributed by atoms with Gasteiger partial charge in [-0.05, 0) is 32.6 Å². The van der Waals surface area contributed by atoms with Gasteiger partial charge in [0.25, 0.3) is 0 Å². The van der Waals surface area contributed by atoms with Crippen LogP contribution in [-0.4, -0.2) is 35.3 Å². The topological polar surface area (TPSA) is 64.3 Å². The monoisotopic (exact) mass is 288 g/mol. The van der Waals surface area contributed by atoms with Crippen molar-refractivity contribution in [3.63, 3.8) is 0 Å². The van der Waals surface area contributed by atoms with Crippen LogP contribution in [0.4, 0.5) is 11.6 Å². The molecule has 4 rings (SSSR count). The van der Waals surface area contributed by atoms with Crippen LogP contribution >= 0.6 is 0 Å². The van der Waals surface area contributed by atoms with Gasteiger partial charge in [-0.25, -0.2) is 9.97 Å². The molecule has 0 spiro atoms. The van der Waals surface area contributed by atoms with Crippen molar-refractivity contribution in [1.82, 2.24) is 9.97 Å². The number of fused-ring (bicyclic) bond motifs is 1. The lowest BCUT2D eigenvalue weighted by atomic mass is 9.90. The van der Waals surface area contributed by atoms with Gasteiger partial charge < -0.3 is 15.4 Å². The summed E-state index contributed by atoms with van der Waals surface area (Å²) in [5.41, 5.74) is 7.19. The second-order valence-corrected chi connectivity index (χ2v) is 6.64. The van der Waals surface area contributed by atoms with Gasteiger partial charge in [-0.1, -0.05) is 12.8 Å². The fourth-order valence-corrected chi connectivity index (χ4v) is 3.70. The van der Waals surface area contributed by atoms with Crippen molar-refractivity contribution in [2.75, 3.05) is 23.8 Å². The Kier molecular flexibility index (Phi) is 3.25. The number of rotatable bonds is 2. The summed E-state index contributed by atoms with van der Waals surface area (Å²) in [6, 6.07) is 0.465. The van der Waals surface area contributed by atoms with Gasteiger partial charge in [-0.3, -0.25) is 0 Å².